The highest BCUT2D eigenvalue weighted by Crippen LogP contribution is 2.28. The smallest absolute Gasteiger partial charge is 0.178 e. The first-order valence-electron chi connectivity index (χ1n) is 7.62. The van der Waals surface area contributed by atoms with Crippen LogP contribution in [-0.2, 0) is 0 Å². The first-order valence-corrected chi connectivity index (χ1v) is 9.19. The van der Waals surface area contributed by atoms with Crippen LogP contribution in [0.3, 0.4) is 0 Å². The Balaban J connectivity index is 2.32. The molecule has 0 saturated carbocycles. The maximum atomic E-state index is 5.82. The topological polar surface area (TPSA) is 29.9 Å². The van der Waals surface area contributed by atoms with Crippen LogP contribution >= 0.6 is 24.0 Å². The molecule has 5 heteroatoms. The molecular weight excluding hydrogens is 300 g/mol. The highest BCUT2D eigenvalue weighted by atomic mass is 32.2. The third-order valence-electron chi connectivity index (χ3n) is 3.50. The number of thioether (sulfide) groups is 1. The minimum atomic E-state index is 0.395. The summed E-state index contributed by atoms with van der Waals surface area (Å²) in [5.74, 6) is 3.23. The van der Waals surface area contributed by atoms with Crippen LogP contribution in [0.1, 0.15) is 39.7 Å². The van der Waals surface area contributed by atoms with E-state index < -0.39 is 0 Å². The van der Waals surface area contributed by atoms with Crippen molar-refractivity contribution in [3.05, 3.63) is 23.0 Å². The molecule has 0 amide bonds. The van der Waals surface area contributed by atoms with Crippen molar-refractivity contribution in [2.45, 2.75) is 39.7 Å². The molecule has 1 aromatic carbocycles. The Labute approximate surface area is 136 Å². The van der Waals surface area contributed by atoms with Gasteiger partial charge in [-0.1, -0.05) is 19.9 Å². The van der Waals surface area contributed by atoms with Gasteiger partial charge in [0, 0.05) is 6.04 Å². The standard InChI is InChI=1S/C16H24N2OS2/c1-4-10-19-14-8-6-7-13-15(14)17-16(20)18(13)12(3)9-11-21-5-2/h6-8,12H,4-5,9-11H2,1-3H3,(H,17,20). The fourth-order valence-corrected chi connectivity index (χ4v) is 3.60. The molecule has 1 N–H and O–H groups in total. The van der Waals surface area contributed by atoms with Crippen molar-refractivity contribution >= 4 is 35.0 Å². The predicted molar refractivity (Wildman–Crippen MR) is 95.2 cm³/mol. The number of H-pyrrole nitrogens is 1. The lowest BCUT2D eigenvalue weighted by Gasteiger charge is -2.14. The van der Waals surface area contributed by atoms with Crippen LogP contribution < -0.4 is 4.74 Å². The minimum Gasteiger partial charge on any atom is -0.491 e. The number of para-hydroxylation sites is 1. The van der Waals surface area contributed by atoms with Crippen LogP contribution in [0.15, 0.2) is 18.2 Å². The molecule has 0 spiro atoms. The minimum absolute atomic E-state index is 0.395. The van der Waals surface area contributed by atoms with Crippen LogP contribution in [0.25, 0.3) is 11.0 Å². The molecule has 1 heterocycles. The van der Waals surface area contributed by atoms with Gasteiger partial charge in [-0.25, -0.2) is 0 Å². The molecule has 2 rings (SSSR count). The number of imidazole rings is 1. The van der Waals surface area contributed by atoms with Crippen molar-refractivity contribution in [3.8, 4) is 5.75 Å². The number of benzene rings is 1. The molecule has 1 aromatic heterocycles. The Kier molecular flexibility index (Phi) is 6.18. The second kappa shape index (κ2) is 7.90. The number of nitrogens with one attached hydrogen (secondary N) is 1. The molecule has 0 saturated heterocycles. The van der Waals surface area contributed by atoms with Gasteiger partial charge < -0.3 is 14.3 Å². The van der Waals surface area contributed by atoms with Crippen LogP contribution in [0.5, 0.6) is 5.75 Å². The molecule has 0 bridgehead atoms. The zero-order chi connectivity index (χ0) is 15.2. The van der Waals surface area contributed by atoms with Gasteiger partial charge in [-0.15, -0.1) is 0 Å². The number of rotatable bonds is 8. The number of ether oxygens (including phenoxy) is 1. The predicted octanol–water partition coefficient (Wildman–Crippen LogP) is 5.19. The molecule has 0 fully saturated rings. The van der Waals surface area contributed by atoms with E-state index in [2.05, 4.69) is 36.4 Å². The van der Waals surface area contributed by atoms with Crippen molar-refractivity contribution in [2.75, 3.05) is 18.1 Å². The summed E-state index contributed by atoms with van der Waals surface area (Å²) in [5, 5.41) is 0. The van der Waals surface area contributed by atoms with Crippen LogP contribution in [-0.4, -0.2) is 27.7 Å². The van der Waals surface area contributed by atoms with E-state index in [9.17, 15) is 0 Å². The van der Waals surface area contributed by atoms with Gasteiger partial charge in [0.05, 0.1) is 12.1 Å². The number of hydrogen-bond donors (Lipinski definition) is 1. The van der Waals surface area contributed by atoms with Crippen molar-refractivity contribution in [2.24, 2.45) is 0 Å². The van der Waals surface area contributed by atoms with Crippen molar-refractivity contribution in [3.63, 3.8) is 0 Å². The van der Waals surface area contributed by atoms with Gasteiger partial charge in [-0.2, -0.15) is 11.8 Å². The van der Waals surface area contributed by atoms with E-state index >= 15 is 0 Å². The summed E-state index contributed by atoms with van der Waals surface area (Å²) in [5.41, 5.74) is 2.16. The molecule has 21 heavy (non-hydrogen) atoms. The zero-order valence-electron chi connectivity index (χ0n) is 13.0. The lowest BCUT2D eigenvalue weighted by molar-refractivity contribution is 0.320. The second-order valence-corrected chi connectivity index (χ2v) is 6.91. The molecule has 0 aliphatic heterocycles. The summed E-state index contributed by atoms with van der Waals surface area (Å²) in [6.07, 6.45) is 2.13. The zero-order valence-corrected chi connectivity index (χ0v) is 14.6. The van der Waals surface area contributed by atoms with E-state index in [0.717, 1.165) is 46.8 Å². The number of aromatic amines is 1. The van der Waals surface area contributed by atoms with Crippen LogP contribution in [0, 0.1) is 4.77 Å². The largest absolute Gasteiger partial charge is 0.491 e. The molecule has 2 aromatic rings. The SMILES string of the molecule is CCCOc1cccc2c1[nH]c(=S)n2C(C)CCSCC. The van der Waals surface area contributed by atoms with E-state index in [1.807, 2.05) is 23.9 Å². The number of fused-ring (bicyclic) bond motifs is 1. The molecule has 0 radical (unpaired) electrons. The van der Waals surface area contributed by atoms with Crippen LogP contribution in [0.2, 0.25) is 0 Å². The first-order chi connectivity index (χ1) is 10.2. The van der Waals surface area contributed by atoms with E-state index in [1.54, 1.807) is 0 Å². The van der Waals surface area contributed by atoms with E-state index in [0.29, 0.717) is 6.04 Å². The highest BCUT2D eigenvalue weighted by molar-refractivity contribution is 7.99. The fourth-order valence-electron chi connectivity index (χ4n) is 2.42. The fraction of sp³-hybridized carbons (Fsp3) is 0.562. The van der Waals surface area contributed by atoms with Crippen molar-refractivity contribution < 1.29 is 4.74 Å². The Bertz CT molecular complexity index is 633. The molecule has 3 nitrogen and oxygen atoms in total. The van der Waals surface area contributed by atoms with Gasteiger partial charge in [-0.05, 0) is 55.6 Å². The summed E-state index contributed by atoms with van der Waals surface area (Å²) in [6.45, 7) is 7.28. The van der Waals surface area contributed by atoms with Gasteiger partial charge in [0.15, 0.2) is 4.77 Å². The Morgan fingerprint density at radius 2 is 2.19 bits per heavy atom. The molecule has 116 valence electrons. The molecule has 0 aliphatic rings. The molecule has 1 atom stereocenters. The second-order valence-electron chi connectivity index (χ2n) is 5.13. The Morgan fingerprint density at radius 1 is 1.38 bits per heavy atom. The average molecular weight is 325 g/mol. The third kappa shape index (κ3) is 3.83. The summed E-state index contributed by atoms with van der Waals surface area (Å²) < 4.78 is 8.83. The number of aromatic nitrogens is 2. The maximum absolute atomic E-state index is 5.82. The lowest BCUT2D eigenvalue weighted by Crippen LogP contribution is -2.06. The van der Waals surface area contributed by atoms with Gasteiger partial charge in [0.2, 0.25) is 0 Å². The quantitative estimate of drug-likeness (QED) is 0.535. The number of hydrogen-bond acceptors (Lipinski definition) is 3. The van der Waals surface area contributed by atoms with Crippen molar-refractivity contribution in [1.82, 2.24) is 9.55 Å². The molecular formula is C16H24N2OS2. The number of nitrogens with zero attached hydrogens (tertiary/aromatic N) is 1. The summed E-state index contributed by atoms with van der Waals surface area (Å²) in [6, 6.07) is 6.56. The van der Waals surface area contributed by atoms with Gasteiger partial charge >= 0.3 is 0 Å². The third-order valence-corrected chi connectivity index (χ3v) is 4.73. The monoisotopic (exact) mass is 324 g/mol. The van der Waals surface area contributed by atoms with Gasteiger partial charge in [0.25, 0.3) is 0 Å². The van der Waals surface area contributed by atoms with Crippen molar-refractivity contribution in [1.29, 1.82) is 0 Å². The Morgan fingerprint density at radius 3 is 2.90 bits per heavy atom. The summed E-state index contributed by atoms with van der Waals surface area (Å²) >= 11 is 7.50. The first kappa shape index (κ1) is 16.4. The highest BCUT2D eigenvalue weighted by Gasteiger charge is 2.13. The van der Waals surface area contributed by atoms with E-state index in [-0.39, 0.29) is 0 Å². The van der Waals surface area contributed by atoms with E-state index in [4.69, 9.17) is 17.0 Å². The van der Waals surface area contributed by atoms with Gasteiger partial charge in [-0.3, -0.25) is 0 Å². The normalized spacial score (nSPS) is 12.7. The summed E-state index contributed by atoms with van der Waals surface area (Å²) in [7, 11) is 0. The average Bonchev–Trinajstić information content (AvgIpc) is 2.81. The lowest BCUT2D eigenvalue weighted by atomic mass is 10.2. The van der Waals surface area contributed by atoms with Crippen LogP contribution in [0.4, 0.5) is 0 Å². The molecule has 0 aliphatic carbocycles. The van der Waals surface area contributed by atoms with Gasteiger partial charge in [0.1, 0.15) is 11.3 Å². The molecule has 1 unspecified atom stereocenters. The van der Waals surface area contributed by atoms with E-state index in [1.165, 1.54) is 5.75 Å². The summed E-state index contributed by atoms with van der Waals surface area (Å²) in [4.78, 5) is 3.32. The Hall–Kier alpha value is -0.940. The maximum Gasteiger partial charge on any atom is 0.178 e.